The highest BCUT2D eigenvalue weighted by Crippen LogP contribution is 2.32. The van der Waals surface area contributed by atoms with E-state index in [9.17, 15) is 4.79 Å². The molecule has 0 saturated heterocycles. The third-order valence-corrected chi connectivity index (χ3v) is 3.56. The predicted octanol–water partition coefficient (Wildman–Crippen LogP) is 3.64. The lowest BCUT2D eigenvalue weighted by Crippen LogP contribution is -1.97. The molecule has 0 aromatic carbocycles. The first-order valence-electron chi connectivity index (χ1n) is 6.07. The van der Waals surface area contributed by atoms with Gasteiger partial charge in [-0.3, -0.25) is 4.79 Å². The van der Waals surface area contributed by atoms with Crippen LogP contribution in [0.4, 0.5) is 0 Å². The molecule has 0 heterocycles. The predicted molar refractivity (Wildman–Crippen MR) is 58.1 cm³/mol. The van der Waals surface area contributed by atoms with E-state index in [0.29, 0.717) is 5.78 Å². The summed E-state index contributed by atoms with van der Waals surface area (Å²) in [4.78, 5) is 11.4. The van der Waals surface area contributed by atoms with Crippen molar-refractivity contribution < 1.29 is 4.79 Å². The molecule has 0 spiro atoms. The van der Waals surface area contributed by atoms with Crippen LogP contribution < -0.4 is 0 Å². The van der Waals surface area contributed by atoms with Crippen LogP contribution in [0.1, 0.15) is 57.8 Å². The lowest BCUT2D eigenvalue weighted by Gasteiger charge is -2.10. The maximum Gasteiger partial charge on any atom is 0.155 e. The highest BCUT2D eigenvalue weighted by molar-refractivity contribution is 5.90. The van der Waals surface area contributed by atoms with E-state index in [4.69, 9.17) is 0 Å². The highest BCUT2D eigenvalue weighted by Gasteiger charge is 2.17. The van der Waals surface area contributed by atoms with E-state index < -0.39 is 0 Å². The summed E-state index contributed by atoms with van der Waals surface area (Å²) in [6, 6.07) is 0. The minimum atomic E-state index is 0.371. The summed E-state index contributed by atoms with van der Waals surface area (Å²) in [7, 11) is 0. The summed E-state index contributed by atoms with van der Waals surface area (Å²) >= 11 is 0. The number of carbonyl (C=O) groups is 1. The topological polar surface area (TPSA) is 17.1 Å². The van der Waals surface area contributed by atoms with E-state index in [1.807, 2.05) is 6.08 Å². The largest absolute Gasteiger partial charge is 0.295 e. The SMILES string of the molecule is O=C1C=C(CC2CCCC2)CCCC1. The number of hydrogen-bond donors (Lipinski definition) is 0. The Labute approximate surface area is 86.6 Å². The molecule has 1 nitrogen and oxygen atoms in total. The second-order valence-electron chi connectivity index (χ2n) is 4.83. The number of allylic oxidation sites excluding steroid dienone is 2. The van der Waals surface area contributed by atoms with Crippen molar-refractivity contribution in [1.29, 1.82) is 0 Å². The molecule has 1 fully saturated rings. The van der Waals surface area contributed by atoms with E-state index in [2.05, 4.69) is 0 Å². The second kappa shape index (κ2) is 4.77. The average Bonchev–Trinajstić information content (AvgIpc) is 2.56. The summed E-state index contributed by atoms with van der Waals surface area (Å²) in [5, 5.41) is 0. The van der Waals surface area contributed by atoms with Crippen molar-refractivity contribution >= 4 is 5.78 Å². The smallest absolute Gasteiger partial charge is 0.155 e. The van der Waals surface area contributed by atoms with Crippen LogP contribution in [0.3, 0.4) is 0 Å². The molecule has 1 heteroatoms. The van der Waals surface area contributed by atoms with E-state index >= 15 is 0 Å². The van der Waals surface area contributed by atoms with Crippen LogP contribution in [0.5, 0.6) is 0 Å². The van der Waals surface area contributed by atoms with Crippen molar-refractivity contribution in [3.63, 3.8) is 0 Å². The first-order valence-corrected chi connectivity index (χ1v) is 6.07. The van der Waals surface area contributed by atoms with Crippen molar-refractivity contribution in [2.75, 3.05) is 0 Å². The molecule has 14 heavy (non-hydrogen) atoms. The first-order chi connectivity index (χ1) is 6.84. The van der Waals surface area contributed by atoms with Gasteiger partial charge in [-0.2, -0.15) is 0 Å². The van der Waals surface area contributed by atoms with Crippen LogP contribution in [0.2, 0.25) is 0 Å². The first kappa shape index (κ1) is 9.95. The van der Waals surface area contributed by atoms with Crippen molar-refractivity contribution in [2.45, 2.75) is 57.8 Å². The van der Waals surface area contributed by atoms with Gasteiger partial charge in [-0.05, 0) is 37.7 Å². The van der Waals surface area contributed by atoms with Crippen molar-refractivity contribution in [3.05, 3.63) is 11.6 Å². The van der Waals surface area contributed by atoms with Crippen LogP contribution in [-0.4, -0.2) is 5.78 Å². The zero-order chi connectivity index (χ0) is 9.80. The van der Waals surface area contributed by atoms with E-state index in [1.54, 1.807) is 0 Å². The van der Waals surface area contributed by atoms with Gasteiger partial charge in [-0.1, -0.05) is 31.3 Å². The molecule has 0 aromatic rings. The molecule has 0 bridgehead atoms. The molecule has 0 radical (unpaired) electrons. The number of carbonyl (C=O) groups excluding carboxylic acids is 1. The molecule has 2 aliphatic rings. The number of rotatable bonds is 2. The maximum absolute atomic E-state index is 11.4. The Morgan fingerprint density at radius 2 is 1.79 bits per heavy atom. The molecule has 0 amide bonds. The Kier molecular flexibility index (Phi) is 3.39. The fourth-order valence-electron chi connectivity index (χ4n) is 2.77. The molecular formula is C13H20O. The molecule has 0 aliphatic heterocycles. The third kappa shape index (κ3) is 2.70. The van der Waals surface area contributed by atoms with Crippen LogP contribution in [0.25, 0.3) is 0 Å². The lowest BCUT2D eigenvalue weighted by molar-refractivity contribution is -0.114. The van der Waals surface area contributed by atoms with E-state index in [-0.39, 0.29) is 0 Å². The monoisotopic (exact) mass is 192 g/mol. The molecule has 78 valence electrons. The molecular weight excluding hydrogens is 172 g/mol. The minimum Gasteiger partial charge on any atom is -0.295 e. The Balaban J connectivity index is 1.90. The van der Waals surface area contributed by atoms with Gasteiger partial charge in [-0.25, -0.2) is 0 Å². The zero-order valence-corrected chi connectivity index (χ0v) is 8.93. The van der Waals surface area contributed by atoms with Crippen LogP contribution in [-0.2, 0) is 4.79 Å². The fraction of sp³-hybridized carbons (Fsp3) is 0.769. The Morgan fingerprint density at radius 3 is 2.57 bits per heavy atom. The molecule has 2 aliphatic carbocycles. The second-order valence-corrected chi connectivity index (χ2v) is 4.83. The van der Waals surface area contributed by atoms with Gasteiger partial charge in [0.25, 0.3) is 0 Å². The van der Waals surface area contributed by atoms with Crippen molar-refractivity contribution in [2.24, 2.45) is 5.92 Å². The summed E-state index contributed by atoms with van der Waals surface area (Å²) in [5.74, 6) is 1.27. The summed E-state index contributed by atoms with van der Waals surface area (Å²) in [6.07, 6.45) is 13.1. The summed E-state index contributed by atoms with van der Waals surface area (Å²) in [5.41, 5.74) is 1.44. The van der Waals surface area contributed by atoms with Gasteiger partial charge in [0.2, 0.25) is 0 Å². The van der Waals surface area contributed by atoms with Gasteiger partial charge in [0, 0.05) is 6.42 Å². The van der Waals surface area contributed by atoms with E-state index in [0.717, 1.165) is 18.8 Å². The molecule has 1 saturated carbocycles. The summed E-state index contributed by atoms with van der Waals surface area (Å²) in [6.45, 7) is 0. The highest BCUT2D eigenvalue weighted by atomic mass is 16.1. The standard InChI is InChI=1S/C13H20O/c14-13-8-4-3-7-12(10-13)9-11-5-1-2-6-11/h10-11H,1-9H2. The minimum absolute atomic E-state index is 0.371. The maximum atomic E-state index is 11.4. The fourth-order valence-corrected chi connectivity index (χ4v) is 2.77. The summed E-state index contributed by atoms with van der Waals surface area (Å²) < 4.78 is 0. The van der Waals surface area contributed by atoms with Crippen molar-refractivity contribution in [1.82, 2.24) is 0 Å². The molecule has 0 unspecified atom stereocenters. The van der Waals surface area contributed by atoms with Gasteiger partial charge in [0.05, 0.1) is 0 Å². The number of ketones is 1. The van der Waals surface area contributed by atoms with Gasteiger partial charge in [0.1, 0.15) is 0 Å². The quantitative estimate of drug-likeness (QED) is 0.653. The lowest BCUT2D eigenvalue weighted by atomic mass is 9.95. The van der Waals surface area contributed by atoms with Crippen LogP contribution >= 0.6 is 0 Å². The van der Waals surface area contributed by atoms with E-state index in [1.165, 1.54) is 50.5 Å². The Bertz CT molecular complexity index is 234. The Morgan fingerprint density at radius 1 is 1.07 bits per heavy atom. The van der Waals surface area contributed by atoms with Crippen LogP contribution in [0.15, 0.2) is 11.6 Å². The average molecular weight is 192 g/mol. The zero-order valence-electron chi connectivity index (χ0n) is 8.93. The van der Waals surface area contributed by atoms with Gasteiger partial charge in [0.15, 0.2) is 5.78 Å². The molecule has 0 atom stereocenters. The van der Waals surface area contributed by atoms with Gasteiger partial charge >= 0.3 is 0 Å². The third-order valence-electron chi connectivity index (χ3n) is 3.56. The molecule has 0 aromatic heterocycles. The Hall–Kier alpha value is -0.590. The van der Waals surface area contributed by atoms with Gasteiger partial charge in [-0.15, -0.1) is 0 Å². The molecule has 0 N–H and O–H groups in total. The van der Waals surface area contributed by atoms with Crippen LogP contribution in [0, 0.1) is 5.92 Å². The normalized spacial score (nSPS) is 24.9. The number of hydrogen-bond acceptors (Lipinski definition) is 1. The van der Waals surface area contributed by atoms with Crippen molar-refractivity contribution in [3.8, 4) is 0 Å². The van der Waals surface area contributed by atoms with Gasteiger partial charge < -0.3 is 0 Å². The molecule has 2 rings (SSSR count).